The van der Waals surface area contributed by atoms with E-state index in [9.17, 15) is 4.39 Å². The van der Waals surface area contributed by atoms with Gasteiger partial charge in [-0.05, 0) is 12.1 Å². The fourth-order valence-corrected chi connectivity index (χ4v) is 2.13. The average Bonchev–Trinajstić information content (AvgIpc) is 2.83. The molecule has 19 heavy (non-hydrogen) atoms. The van der Waals surface area contributed by atoms with Gasteiger partial charge < -0.3 is 0 Å². The van der Waals surface area contributed by atoms with Gasteiger partial charge in [0.15, 0.2) is 5.82 Å². The van der Waals surface area contributed by atoms with E-state index in [1.807, 2.05) is 6.07 Å². The molecule has 3 aromatic rings. The van der Waals surface area contributed by atoms with E-state index in [2.05, 4.69) is 10.1 Å². The molecule has 0 saturated heterocycles. The molecule has 0 radical (unpaired) electrons. The van der Waals surface area contributed by atoms with E-state index in [0.29, 0.717) is 21.7 Å². The number of hydrogen-bond acceptors (Lipinski definition) is 3. The number of benzene rings is 1. The molecule has 92 valence electrons. The second-order valence-corrected chi connectivity index (χ2v) is 4.29. The summed E-state index contributed by atoms with van der Waals surface area (Å²) in [5, 5.41) is 14.1. The molecular weight excluding hydrogens is 267 g/mol. The molecule has 0 atom stereocenters. The lowest BCUT2D eigenvalue weighted by Crippen LogP contribution is -1.99. The molecule has 2 heterocycles. The molecule has 0 fully saturated rings. The lowest BCUT2D eigenvalue weighted by Gasteiger charge is -2.05. The van der Waals surface area contributed by atoms with Crippen LogP contribution in [-0.4, -0.2) is 14.8 Å². The predicted molar refractivity (Wildman–Crippen MR) is 68.5 cm³/mol. The van der Waals surface area contributed by atoms with Gasteiger partial charge in [-0.1, -0.05) is 17.7 Å². The van der Waals surface area contributed by atoms with E-state index >= 15 is 0 Å². The van der Waals surface area contributed by atoms with E-state index in [4.69, 9.17) is 16.9 Å². The summed E-state index contributed by atoms with van der Waals surface area (Å²) in [7, 11) is 0. The van der Waals surface area contributed by atoms with Gasteiger partial charge in [0.05, 0.1) is 16.8 Å². The molecule has 0 aliphatic carbocycles. The summed E-state index contributed by atoms with van der Waals surface area (Å²) in [5.41, 5.74) is 0.995. The Morgan fingerprint density at radius 2 is 2.16 bits per heavy atom. The smallest absolute Gasteiger partial charge is 0.169 e. The van der Waals surface area contributed by atoms with Gasteiger partial charge in [0.1, 0.15) is 17.3 Å². The maximum atomic E-state index is 13.6. The van der Waals surface area contributed by atoms with Crippen LogP contribution in [0.25, 0.3) is 16.6 Å². The minimum atomic E-state index is -0.512. The van der Waals surface area contributed by atoms with Crippen molar-refractivity contribution in [3.63, 3.8) is 0 Å². The fourth-order valence-electron chi connectivity index (χ4n) is 1.86. The molecule has 3 rings (SSSR count). The molecule has 4 nitrogen and oxygen atoms in total. The Bertz CT molecular complexity index is 819. The molecule has 0 aliphatic rings. The molecule has 6 heteroatoms. The van der Waals surface area contributed by atoms with Gasteiger partial charge in [-0.25, -0.2) is 9.07 Å². The van der Waals surface area contributed by atoms with Crippen LogP contribution in [0.4, 0.5) is 4.39 Å². The standard InChI is InChI=1S/C13H6ClFN4/c14-10-3-1-2-8(4-16)13(10)19-7-9-5-17-6-11(15)12(9)18-19/h1-3,5-7H. The van der Waals surface area contributed by atoms with Gasteiger partial charge in [-0.2, -0.15) is 10.4 Å². The molecule has 0 aliphatic heterocycles. The number of pyridine rings is 1. The van der Waals surface area contributed by atoms with Crippen LogP contribution in [0.15, 0.2) is 36.8 Å². The third-order valence-corrected chi connectivity index (χ3v) is 3.01. The van der Waals surface area contributed by atoms with E-state index in [0.717, 1.165) is 6.20 Å². The van der Waals surface area contributed by atoms with Crippen molar-refractivity contribution in [2.75, 3.05) is 0 Å². The second kappa shape index (κ2) is 4.34. The minimum absolute atomic E-state index is 0.193. The quantitative estimate of drug-likeness (QED) is 0.684. The van der Waals surface area contributed by atoms with Crippen LogP contribution in [0.3, 0.4) is 0 Å². The lowest BCUT2D eigenvalue weighted by molar-refractivity contribution is 0.629. The van der Waals surface area contributed by atoms with Crippen molar-refractivity contribution in [1.82, 2.24) is 14.8 Å². The molecule has 0 amide bonds. The first-order chi connectivity index (χ1) is 9.20. The summed E-state index contributed by atoms with van der Waals surface area (Å²) in [6.45, 7) is 0. The zero-order valence-corrected chi connectivity index (χ0v) is 10.3. The topological polar surface area (TPSA) is 54.5 Å². The number of hydrogen-bond donors (Lipinski definition) is 0. The SMILES string of the molecule is N#Cc1cccc(Cl)c1-n1cc2cncc(F)c2n1. The zero-order chi connectivity index (χ0) is 13.4. The van der Waals surface area contributed by atoms with Crippen molar-refractivity contribution < 1.29 is 4.39 Å². The summed E-state index contributed by atoms with van der Waals surface area (Å²) >= 11 is 6.09. The number of nitrogens with zero attached hydrogens (tertiary/aromatic N) is 4. The van der Waals surface area contributed by atoms with E-state index in [-0.39, 0.29) is 5.52 Å². The molecule has 0 bridgehead atoms. The minimum Gasteiger partial charge on any atom is -0.261 e. The van der Waals surface area contributed by atoms with Crippen LogP contribution >= 0.6 is 11.6 Å². The van der Waals surface area contributed by atoms with Gasteiger partial charge in [-0.15, -0.1) is 0 Å². The largest absolute Gasteiger partial charge is 0.261 e. The van der Waals surface area contributed by atoms with Crippen LogP contribution in [0.2, 0.25) is 5.02 Å². The summed E-state index contributed by atoms with van der Waals surface area (Å²) in [4.78, 5) is 3.76. The average molecular weight is 273 g/mol. The molecule has 0 N–H and O–H groups in total. The Hall–Kier alpha value is -2.45. The van der Waals surface area contributed by atoms with Crippen LogP contribution in [0.5, 0.6) is 0 Å². The van der Waals surface area contributed by atoms with Gasteiger partial charge in [0.25, 0.3) is 0 Å². The maximum Gasteiger partial charge on any atom is 0.169 e. The first kappa shape index (κ1) is 11.6. The normalized spacial score (nSPS) is 10.6. The first-order valence-electron chi connectivity index (χ1n) is 5.38. The van der Waals surface area contributed by atoms with Gasteiger partial charge >= 0.3 is 0 Å². The Morgan fingerprint density at radius 1 is 1.32 bits per heavy atom. The number of para-hydroxylation sites is 1. The Kier molecular flexibility index (Phi) is 2.65. The summed E-state index contributed by atoms with van der Waals surface area (Å²) in [5.74, 6) is -0.512. The van der Waals surface area contributed by atoms with E-state index in [1.54, 1.807) is 24.4 Å². The highest BCUT2D eigenvalue weighted by atomic mass is 35.5. The van der Waals surface area contributed by atoms with Crippen LogP contribution in [-0.2, 0) is 0 Å². The molecule has 0 saturated carbocycles. The predicted octanol–water partition coefficient (Wildman–Crippen LogP) is 3.08. The third kappa shape index (κ3) is 1.83. The highest BCUT2D eigenvalue weighted by Gasteiger charge is 2.13. The summed E-state index contributed by atoms with van der Waals surface area (Å²) < 4.78 is 15.0. The summed E-state index contributed by atoms with van der Waals surface area (Å²) in [6.07, 6.45) is 4.19. The number of halogens is 2. The molecule has 0 spiro atoms. The summed E-state index contributed by atoms with van der Waals surface area (Å²) in [6, 6.07) is 6.99. The van der Waals surface area contributed by atoms with Crippen molar-refractivity contribution in [3.05, 3.63) is 53.2 Å². The van der Waals surface area contributed by atoms with E-state index < -0.39 is 5.82 Å². The Balaban J connectivity index is 2.32. The first-order valence-corrected chi connectivity index (χ1v) is 5.76. The van der Waals surface area contributed by atoms with Crippen molar-refractivity contribution in [2.24, 2.45) is 0 Å². The van der Waals surface area contributed by atoms with E-state index in [1.165, 1.54) is 10.9 Å². The Labute approximate surface area is 112 Å². The number of aromatic nitrogens is 3. The molecule has 1 aromatic carbocycles. The van der Waals surface area contributed by atoms with Crippen molar-refractivity contribution in [2.45, 2.75) is 0 Å². The third-order valence-electron chi connectivity index (χ3n) is 2.71. The molecule has 2 aromatic heterocycles. The van der Waals surface area contributed by atoms with Crippen molar-refractivity contribution in [1.29, 1.82) is 5.26 Å². The molecule has 0 unspecified atom stereocenters. The second-order valence-electron chi connectivity index (χ2n) is 3.88. The number of rotatable bonds is 1. The van der Waals surface area contributed by atoms with Gasteiger partial charge in [0, 0.05) is 17.8 Å². The van der Waals surface area contributed by atoms with Crippen molar-refractivity contribution >= 4 is 22.5 Å². The Morgan fingerprint density at radius 3 is 2.89 bits per heavy atom. The number of nitriles is 1. The monoisotopic (exact) mass is 272 g/mol. The highest BCUT2D eigenvalue weighted by molar-refractivity contribution is 6.32. The zero-order valence-electron chi connectivity index (χ0n) is 9.51. The maximum absolute atomic E-state index is 13.6. The van der Waals surface area contributed by atoms with Crippen LogP contribution < -0.4 is 0 Å². The van der Waals surface area contributed by atoms with Gasteiger partial charge in [-0.3, -0.25) is 4.98 Å². The number of fused-ring (bicyclic) bond motifs is 1. The lowest BCUT2D eigenvalue weighted by atomic mass is 10.2. The highest BCUT2D eigenvalue weighted by Crippen LogP contribution is 2.25. The van der Waals surface area contributed by atoms with Crippen LogP contribution in [0.1, 0.15) is 5.56 Å². The fraction of sp³-hybridized carbons (Fsp3) is 0. The van der Waals surface area contributed by atoms with Crippen LogP contribution in [0, 0.1) is 17.1 Å². The van der Waals surface area contributed by atoms with Crippen molar-refractivity contribution in [3.8, 4) is 11.8 Å². The molecular formula is C13H6ClFN4. The van der Waals surface area contributed by atoms with Gasteiger partial charge in [0.2, 0.25) is 0 Å².